The van der Waals surface area contributed by atoms with E-state index in [2.05, 4.69) is 27.6 Å². The van der Waals surface area contributed by atoms with Gasteiger partial charge in [-0.1, -0.05) is 18.2 Å². The standard InChI is InChI=1S/C15H18N4OS/c16-14-10-21-15(18-14)19-17-7-12-2-1-3-13(6-12)9-20-8-11-4-5-11/h1-3,6-7,10-11H,4-5,8-9,16H2,(H,18,19). The normalized spacial score (nSPS) is 14.7. The van der Waals surface area contributed by atoms with Gasteiger partial charge in [-0.15, -0.1) is 11.3 Å². The maximum Gasteiger partial charge on any atom is 0.205 e. The first kappa shape index (κ1) is 14.0. The Morgan fingerprint density at radius 3 is 3.14 bits per heavy atom. The van der Waals surface area contributed by atoms with Crippen LogP contribution in [-0.2, 0) is 11.3 Å². The van der Waals surface area contributed by atoms with Gasteiger partial charge in [0.25, 0.3) is 0 Å². The first-order chi connectivity index (χ1) is 10.3. The molecule has 6 heteroatoms. The summed E-state index contributed by atoms with van der Waals surface area (Å²) in [6.07, 6.45) is 4.40. The molecular formula is C15H18N4OS. The van der Waals surface area contributed by atoms with Crippen molar-refractivity contribution < 1.29 is 4.74 Å². The Morgan fingerprint density at radius 1 is 1.48 bits per heavy atom. The first-order valence-electron chi connectivity index (χ1n) is 6.96. The molecule has 1 aromatic heterocycles. The first-order valence-corrected chi connectivity index (χ1v) is 7.84. The zero-order valence-corrected chi connectivity index (χ0v) is 12.5. The Bertz CT molecular complexity index is 622. The third kappa shape index (κ3) is 4.54. The summed E-state index contributed by atoms with van der Waals surface area (Å²) in [6, 6.07) is 8.16. The second-order valence-electron chi connectivity index (χ2n) is 5.15. The van der Waals surface area contributed by atoms with Crippen LogP contribution in [0.25, 0.3) is 0 Å². The molecule has 0 atom stereocenters. The van der Waals surface area contributed by atoms with Gasteiger partial charge in [0.05, 0.1) is 12.8 Å². The van der Waals surface area contributed by atoms with Gasteiger partial charge < -0.3 is 10.5 Å². The highest BCUT2D eigenvalue weighted by Gasteiger charge is 2.20. The van der Waals surface area contributed by atoms with Gasteiger partial charge >= 0.3 is 0 Å². The second kappa shape index (κ2) is 6.69. The molecule has 21 heavy (non-hydrogen) atoms. The number of nitrogens with two attached hydrogens (primary N) is 1. The van der Waals surface area contributed by atoms with E-state index in [0.29, 0.717) is 17.6 Å². The van der Waals surface area contributed by atoms with E-state index in [9.17, 15) is 0 Å². The highest BCUT2D eigenvalue weighted by molar-refractivity contribution is 7.14. The molecule has 3 N–H and O–H groups in total. The number of ether oxygens (including phenoxy) is 1. The number of rotatable bonds is 7. The fourth-order valence-corrected chi connectivity index (χ4v) is 2.44. The van der Waals surface area contributed by atoms with Crippen LogP contribution in [0.15, 0.2) is 34.7 Å². The van der Waals surface area contributed by atoms with Gasteiger partial charge in [0, 0.05) is 12.0 Å². The molecule has 110 valence electrons. The molecule has 0 radical (unpaired) electrons. The van der Waals surface area contributed by atoms with Crippen molar-refractivity contribution in [1.82, 2.24) is 4.98 Å². The van der Waals surface area contributed by atoms with Crippen LogP contribution in [0.1, 0.15) is 24.0 Å². The molecule has 2 aromatic rings. The summed E-state index contributed by atoms with van der Waals surface area (Å²) < 4.78 is 5.69. The van der Waals surface area contributed by atoms with Crippen LogP contribution in [0.4, 0.5) is 10.9 Å². The third-order valence-electron chi connectivity index (χ3n) is 3.17. The van der Waals surface area contributed by atoms with Crippen molar-refractivity contribution in [3.8, 4) is 0 Å². The topological polar surface area (TPSA) is 72.5 Å². The predicted molar refractivity (Wildman–Crippen MR) is 86.6 cm³/mol. The lowest BCUT2D eigenvalue weighted by Crippen LogP contribution is -1.98. The van der Waals surface area contributed by atoms with Crippen LogP contribution in [0.3, 0.4) is 0 Å². The van der Waals surface area contributed by atoms with Gasteiger partial charge in [0.15, 0.2) is 0 Å². The number of nitrogens with zero attached hydrogens (tertiary/aromatic N) is 2. The number of anilines is 2. The summed E-state index contributed by atoms with van der Waals surface area (Å²) in [5.41, 5.74) is 10.6. The van der Waals surface area contributed by atoms with Crippen LogP contribution < -0.4 is 11.2 Å². The van der Waals surface area contributed by atoms with Gasteiger partial charge in [-0.05, 0) is 36.0 Å². The Balaban J connectivity index is 1.51. The molecule has 0 amide bonds. The molecular weight excluding hydrogens is 284 g/mol. The molecule has 0 bridgehead atoms. The quantitative estimate of drug-likeness (QED) is 0.609. The van der Waals surface area contributed by atoms with Crippen molar-refractivity contribution in [1.29, 1.82) is 0 Å². The number of hydrogen-bond acceptors (Lipinski definition) is 6. The fourth-order valence-electron chi connectivity index (χ4n) is 1.89. The van der Waals surface area contributed by atoms with Crippen molar-refractivity contribution in [2.45, 2.75) is 19.4 Å². The van der Waals surface area contributed by atoms with Crippen LogP contribution in [0.2, 0.25) is 0 Å². The number of benzene rings is 1. The van der Waals surface area contributed by atoms with Crippen LogP contribution in [-0.4, -0.2) is 17.8 Å². The summed E-state index contributed by atoms with van der Waals surface area (Å²) >= 11 is 1.43. The number of hydrazone groups is 1. The van der Waals surface area contributed by atoms with Gasteiger partial charge in [-0.3, -0.25) is 5.43 Å². The summed E-state index contributed by atoms with van der Waals surface area (Å²) in [5.74, 6) is 1.30. The van der Waals surface area contributed by atoms with Crippen molar-refractivity contribution in [2.24, 2.45) is 11.0 Å². The number of nitrogens with one attached hydrogen (secondary N) is 1. The Kier molecular flexibility index (Phi) is 4.47. The minimum absolute atomic E-state index is 0.507. The van der Waals surface area contributed by atoms with E-state index >= 15 is 0 Å². The molecule has 1 fully saturated rings. The zero-order valence-electron chi connectivity index (χ0n) is 11.7. The molecule has 1 aliphatic carbocycles. The van der Waals surface area contributed by atoms with Gasteiger partial charge in [-0.2, -0.15) is 5.10 Å². The van der Waals surface area contributed by atoms with E-state index in [4.69, 9.17) is 10.5 Å². The van der Waals surface area contributed by atoms with E-state index < -0.39 is 0 Å². The summed E-state index contributed by atoms with van der Waals surface area (Å²) in [7, 11) is 0. The Labute approximate surface area is 127 Å². The van der Waals surface area contributed by atoms with E-state index in [0.717, 1.165) is 23.7 Å². The summed E-state index contributed by atoms with van der Waals surface area (Å²) in [5, 5.41) is 6.62. The van der Waals surface area contributed by atoms with E-state index in [-0.39, 0.29) is 0 Å². The largest absolute Gasteiger partial charge is 0.383 e. The molecule has 5 nitrogen and oxygen atoms in total. The number of nitrogen functional groups attached to an aromatic ring is 1. The SMILES string of the molecule is Nc1csc(NN=Cc2cccc(COCC3CC3)c2)n1. The minimum Gasteiger partial charge on any atom is -0.383 e. The molecule has 1 aromatic carbocycles. The molecule has 1 saturated carbocycles. The van der Waals surface area contributed by atoms with Crippen molar-refractivity contribution in [3.63, 3.8) is 0 Å². The van der Waals surface area contributed by atoms with Crippen LogP contribution in [0.5, 0.6) is 0 Å². The van der Waals surface area contributed by atoms with Crippen molar-refractivity contribution in [3.05, 3.63) is 40.8 Å². The predicted octanol–water partition coefficient (Wildman–Crippen LogP) is 3.10. The maximum absolute atomic E-state index is 5.69. The Morgan fingerprint density at radius 2 is 2.38 bits per heavy atom. The lowest BCUT2D eigenvalue weighted by Gasteiger charge is -2.04. The highest BCUT2D eigenvalue weighted by atomic mass is 32.1. The maximum atomic E-state index is 5.69. The van der Waals surface area contributed by atoms with E-state index in [1.54, 1.807) is 11.6 Å². The average molecular weight is 302 g/mol. The van der Waals surface area contributed by atoms with E-state index in [1.165, 1.54) is 24.2 Å². The zero-order chi connectivity index (χ0) is 14.5. The number of hydrogen-bond donors (Lipinski definition) is 2. The summed E-state index contributed by atoms with van der Waals surface area (Å²) in [6.45, 7) is 1.54. The van der Waals surface area contributed by atoms with Gasteiger partial charge in [0.1, 0.15) is 5.82 Å². The average Bonchev–Trinajstić information content (AvgIpc) is 3.21. The van der Waals surface area contributed by atoms with Crippen LogP contribution in [0, 0.1) is 5.92 Å². The van der Waals surface area contributed by atoms with E-state index in [1.807, 2.05) is 12.1 Å². The van der Waals surface area contributed by atoms with Crippen LogP contribution >= 0.6 is 11.3 Å². The molecule has 0 aliphatic heterocycles. The van der Waals surface area contributed by atoms with Crippen molar-refractivity contribution in [2.75, 3.05) is 17.8 Å². The molecule has 1 heterocycles. The lowest BCUT2D eigenvalue weighted by atomic mass is 10.1. The van der Waals surface area contributed by atoms with Gasteiger partial charge in [0.2, 0.25) is 5.13 Å². The van der Waals surface area contributed by atoms with Gasteiger partial charge in [-0.25, -0.2) is 4.98 Å². The molecule has 3 rings (SSSR count). The van der Waals surface area contributed by atoms with Crippen molar-refractivity contribution >= 4 is 28.5 Å². The monoisotopic (exact) mass is 302 g/mol. The lowest BCUT2D eigenvalue weighted by molar-refractivity contribution is 0.111. The fraction of sp³-hybridized carbons (Fsp3) is 0.333. The molecule has 0 saturated heterocycles. The highest BCUT2D eigenvalue weighted by Crippen LogP contribution is 2.29. The molecule has 0 unspecified atom stereocenters. The molecule has 1 aliphatic rings. The molecule has 0 spiro atoms. The summed E-state index contributed by atoms with van der Waals surface area (Å²) in [4.78, 5) is 4.07. The Hall–Kier alpha value is -1.92. The number of thiazole rings is 1. The smallest absolute Gasteiger partial charge is 0.205 e. The number of aromatic nitrogens is 1. The third-order valence-corrected chi connectivity index (χ3v) is 3.93. The minimum atomic E-state index is 0.507. The second-order valence-corrected chi connectivity index (χ2v) is 6.01.